The molecule has 2 unspecified atom stereocenters. The Morgan fingerprint density at radius 3 is 2.75 bits per heavy atom. The molecule has 2 atom stereocenters. The first-order valence-electron chi connectivity index (χ1n) is 7.42. The summed E-state index contributed by atoms with van der Waals surface area (Å²) in [4.78, 5) is 14.4. The summed E-state index contributed by atoms with van der Waals surface area (Å²) in [5.41, 5.74) is 8.44. The fraction of sp³-hybridized carbons (Fsp3) is 0.562. The lowest BCUT2D eigenvalue weighted by atomic mass is 9.99. The van der Waals surface area contributed by atoms with Crippen molar-refractivity contribution in [3.63, 3.8) is 0 Å². The van der Waals surface area contributed by atoms with E-state index in [4.69, 9.17) is 5.73 Å². The van der Waals surface area contributed by atoms with Gasteiger partial charge in [0.25, 0.3) is 0 Å². The van der Waals surface area contributed by atoms with Crippen molar-refractivity contribution in [2.45, 2.75) is 45.3 Å². The Labute approximate surface area is 121 Å². The van der Waals surface area contributed by atoms with Gasteiger partial charge in [-0.05, 0) is 37.8 Å². The van der Waals surface area contributed by atoms with Gasteiger partial charge in [-0.15, -0.1) is 0 Å². The van der Waals surface area contributed by atoms with E-state index in [1.54, 1.807) is 0 Å². The number of nitrogens with one attached hydrogen (secondary N) is 1. The molecule has 0 radical (unpaired) electrons. The Hall–Kier alpha value is -1.39. The molecule has 1 heterocycles. The molecule has 4 heteroatoms. The van der Waals surface area contributed by atoms with E-state index < -0.39 is 0 Å². The number of carbonyl (C=O) groups is 1. The average molecular weight is 275 g/mol. The van der Waals surface area contributed by atoms with Crippen LogP contribution in [0.2, 0.25) is 0 Å². The molecule has 1 amide bonds. The zero-order valence-corrected chi connectivity index (χ0v) is 12.4. The number of amides is 1. The minimum Gasteiger partial charge on any atom is -0.355 e. The lowest BCUT2D eigenvalue weighted by Gasteiger charge is -2.32. The Bertz CT molecular complexity index is 459. The van der Waals surface area contributed by atoms with Crippen molar-refractivity contribution in [3.8, 4) is 0 Å². The van der Waals surface area contributed by atoms with E-state index in [1.807, 2.05) is 13.8 Å². The van der Waals surface area contributed by atoms with Crippen LogP contribution in [0.15, 0.2) is 24.3 Å². The van der Waals surface area contributed by atoms with Crippen LogP contribution in [-0.2, 0) is 17.8 Å². The van der Waals surface area contributed by atoms with E-state index in [0.717, 1.165) is 25.9 Å². The van der Waals surface area contributed by atoms with Crippen LogP contribution in [0, 0.1) is 0 Å². The highest BCUT2D eigenvalue weighted by Crippen LogP contribution is 2.20. The maximum absolute atomic E-state index is 12.1. The van der Waals surface area contributed by atoms with Gasteiger partial charge in [0.1, 0.15) is 0 Å². The Morgan fingerprint density at radius 2 is 2.05 bits per heavy atom. The molecule has 0 aromatic heterocycles. The number of benzene rings is 1. The largest absolute Gasteiger partial charge is 0.355 e. The predicted molar refractivity (Wildman–Crippen MR) is 81.3 cm³/mol. The number of fused-ring (bicyclic) bond motifs is 1. The number of rotatable bonds is 5. The molecule has 1 aliphatic rings. The summed E-state index contributed by atoms with van der Waals surface area (Å²) >= 11 is 0. The van der Waals surface area contributed by atoms with Crippen molar-refractivity contribution >= 4 is 5.91 Å². The van der Waals surface area contributed by atoms with Crippen LogP contribution in [0.25, 0.3) is 0 Å². The van der Waals surface area contributed by atoms with Crippen molar-refractivity contribution in [3.05, 3.63) is 35.4 Å². The average Bonchev–Trinajstić information content (AvgIpc) is 2.45. The van der Waals surface area contributed by atoms with Crippen LogP contribution in [0.5, 0.6) is 0 Å². The first-order chi connectivity index (χ1) is 9.58. The highest BCUT2D eigenvalue weighted by Gasteiger charge is 2.24. The summed E-state index contributed by atoms with van der Waals surface area (Å²) in [7, 11) is 0. The van der Waals surface area contributed by atoms with Crippen molar-refractivity contribution in [1.82, 2.24) is 10.2 Å². The summed E-state index contributed by atoms with van der Waals surface area (Å²) in [6.07, 6.45) is 1.84. The third-order valence-electron chi connectivity index (χ3n) is 3.99. The molecule has 20 heavy (non-hydrogen) atoms. The Morgan fingerprint density at radius 1 is 1.35 bits per heavy atom. The van der Waals surface area contributed by atoms with Crippen molar-refractivity contribution in [2.75, 3.05) is 13.1 Å². The molecule has 3 N–H and O–H groups in total. The van der Waals surface area contributed by atoms with Gasteiger partial charge in [-0.2, -0.15) is 0 Å². The van der Waals surface area contributed by atoms with E-state index in [0.29, 0.717) is 6.54 Å². The standard InChI is InChI=1S/C16H25N3O/c1-12(17)7-9-18-16(20)13(2)19-10-8-14-5-3-4-6-15(14)11-19/h3-6,12-13H,7-11,17H2,1-2H3,(H,18,20). The summed E-state index contributed by atoms with van der Waals surface area (Å²) in [5.74, 6) is 0.102. The highest BCUT2D eigenvalue weighted by atomic mass is 16.2. The van der Waals surface area contributed by atoms with Gasteiger partial charge in [-0.1, -0.05) is 24.3 Å². The second-order valence-electron chi connectivity index (χ2n) is 5.72. The van der Waals surface area contributed by atoms with Crippen LogP contribution >= 0.6 is 0 Å². The predicted octanol–water partition coefficient (Wildman–Crippen LogP) is 1.29. The monoisotopic (exact) mass is 275 g/mol. The van der Waals surface area contributed by atoms with Gasteiger partial charge in [0.2, 0.25) is 5.91 Å². The van der Waals surface area contributed by atoms with E-state index in [-0.39, 0.29) is 18.0 Å². The van der Waals surface area contributed by atoms with Crippen molar-refractivity contribution in [2.24, 2.45) is 5.73 Å². The van der Waals surface area contributed by atoms with Gasteiger partial charge in [-0.3, -0.25) is 9.69 Å². The third kappa shape index (κ3) is 3.81. The van der Waals surface area contributed by atoms with Crippen LogP contribution in [0.1, 0.15) is 31.4 Å². The topological polar surface area (TPSA) is 58.4 Å². The minimum atomic E-state index is -0.0866. The molecule has 1 aromatic rings. The molecular weight excluding hydrogens is 250 g/mol. The van der Waals surface area contributed by atoms with Crippen LogP contribution < -0.4 is 11.1 Å². The quantitative estimate of drug-likeness (QED) is 0.851. The van der Waals surface area contributed by atoms with E-state index in [1.165, 1.54) is 11.1 Å². The molecule has 0 saturated carbocycles. The fourth-order valence-electron chi connectivity index (χ4n) is 2.58. The molecule has 1 aliphatic heterocycles. The lowest BCUT2D eigenvalue weighted by molar-refractivity contribution is -0.126. The summed E-state index contributed by atoms with van der Waals surface area (Å²) in [5, 5.41) is 2.97. The fourth-order valence-corrected chi connectivity index (χ4v) is 2.58. The second kappa shape index (κ2) is 6.86. The van der Waals surface area contributed by atoms with Crippen molar-refractivity contribution < 1.29 is 4.79 Å². The molecule has 0 fully saturated rings. The minimum absolute atomic E-state index is 0.0866. The second-order valence-corrected chi connectivity index (χ2v) is 5.72. The molecule has 2 rings (SSSR count). The van der Waals surface area contributed by atoms with Gasteiger partial charge in [-0.25, -0.2) is 0 Å². The van der Waals surface area contributed by atoms with Crippen LogP contribution in [0.3, 0.4) is 0 Å². The summed E-state index contributed by atoms with van der Waals surface area (Å²) in [6.45, 7) is 6.40. The molecule has 4 nitrogen and oxygen atoms in total. The van der Waals surface area contributed by atoms with Gasteiger partial charge < -0.3 is 11.1 Å². The lowest BCUT2D eigenvalue weighted by Crippen LogP contribution is -2.47. The van der Waals surface area contributed by atoms with Gasteiger partial charge in [0.15, 0.2) is 0 Å². The third-order valence-corrected chi connectivity index (χ3v) is 3.99. The molecule has 0 spiro atoms. The zero-order valence-electron chi connectivity index (χ0n) is 12.4. The summed E-state index contributed by atoms with van der Waals surface area (Å²) in [6, 6.07) is 8.53. The van der Waals surface area contributed by atoms with Gasteiger partial charge in [0.05, 0.1) is 6.04 Å². The van der Waals surface area contributed by atoms with Crippen LogP contribution in [0.4, 0.5) is 0 Å². The van der Waals surface area contributed by atoms with Gasteiger partial charge in [0, 0.05) is 25.7 Å². The van der Waals surface area contributed by atoms with Gasteiger partial charge >= 0.3 is 0 Å². The molecule has 0 aliphatic carbocycles. The molecule has 0 bridgehead atoms. The van der Waals surface area contributed by atoms with Crippen LogP contribution in [-0.4, -0.2) is 36.0 Å². The number of nitrogens with zero attached hydrogens (tertiary/aromatic N) is 1. The Kier molecular flexibility index (Phi) is 5.15. The molecule has 1 aromatic carbocycles. The van der Waals surface area contributed by atoms with E-state index >= 15 is 0 Å². The normalized spacial score (nSPS) is 18.1. The maximum atomic E-state index is 12.1. The number of hydrogen-bond acceptors (Lipinski definition) is 3. The zero-order chi connectivity index (χ0) is 14.5. The summed E-state index contributed by atoms with van der Waals surface area (Å²) < 4.78 is 0. The first kappa shape index (κ1) is 15.0. The smallest absolute Gasteiger partial charge is 0.237 e. The van der Waals surface area contributed by atoms with E-state index in [9.17, 15) is 4.79 Å². The first-order valence-corrected chi connectivity index (χ1v) is 7.42. The number of hydrogen-bond donors (Lipinski definition) is 2. The van der Waals surface area contributed by atoms with Crippen molar-refractivity contribution in [1.29, 1.82) is 0 Å². The number of carbonyl (C=O) groups excluding carboxylic acids is 1. The highest BCUT2D eigenvalue weighted by molar-refractivity contribution is 5.81. The van der Waals surface area contributed by atoms with E-state index in [2.05, 4.69) is 34.5 Å². The SMILES string of the molecule is CC(N)CCNC(=O)C(C)N1CCc2ccccc2C1. The number of nitrogens with two attached hydrogens (primary N) is 1. The molecular formula is C16H25N3O. The molecule has 110 valence electrons. The molecule has 0 saturated heterocycles. The Balaban J connectivity index is 1.87. The maximum Gasteiger partial charge on any atom is 0.237 e.